The van der Waals surface area contributed by atoms with Gasteiger partial charge >= 0.3 is 6.18 Å². The van der Waals surface area contributed by atoms with Crippen molar-refractivity contribution in [1.82, 2.24) is 14.9 Å². The predicted molar refractivity (Wildman–Crippen MR) is 75.4 cm³/mol. The Labute approximate surface area is 122 Å². The van der Waals surface area contributed by atoms with E-state index in [2.05, 4.69) is 25.5 Å². The number of likely N-dealkylation sites (tertiary alicyclic amines) is 1. The van der Waals surface area contributed by atoms with E-state index >= 15 is 0 Å². The van der Waals surface area contributed by atoms with Crippen LogP contribution in [0.5, 0.6) is 0 Å². The highest BCUT2D eigenvalue weighted by Gasteiger charge is 2.33. The van der Waals surface area contributed by atoms with Crippen molar-refractivity contribution in [1.29, 1.82) is 0 Å². The summed E-state index contributed by atoms with van der Waals surface area (Å²) in [5.41, 5.74) is -0.941. The monoisotopic (exact) mass is 303 g/mol. The van der Waals surface area contributed by atoms with Crippen LogP contribution >= 0.6 is 0 Å². The van der Waals surface area contributed by atoms with Crippen molar-refractivity contribution >= 4 is 11.8 Å². The van der Waals surface area contributed by atoms with Crippen molar-refractivity contribution in [3.8, 4) is 0 Å². The second-order valence-corrected chi connectivity index (χ2v) is 5.04. The number of nitrogens with zero attached hydrogens (tertiary/aromatic N) is 3. The second-order valence-electron chi connectivity index (χ2n) is 5.04. The first-order valence-corrected chi connectivity index (χ1v) is 7.09. The van der Waals surface area contributed by atoms with Crippen molar-refractivity contribution in [3.63, 3.8) is 0 Å². The summed E-state index contributed by atoms with van der Waals surface area (Å²) >= 11 is 0. The fourth-order valence-electron chi connectivity index (χ4n) is 2.32. The molecule has 5 nitrogen and oxygen atoms in total. The molecule has 0 spiro atoms. The lowest BCUT2D eigenvalue weighted by atomic mass is 10.3. The molecule has 0 saturated carbocycles. The van der Waals surface area contributed by atoms with Crippen LogP contribution in [0.15, 0.2) is 6.07 Å². The number of rotatable bonds is 6. The fourth-order valence-corrected chi connectivity index (χ4v) is 2.32. The lowest BCUT2D eigenvalue weighted by molar-refractivity contribution is -0.141. The van der Waals surface area contributed by atoms with Crippen molar-refractivity contribution < 1.29 is 13.2 Å². The first kappa shape index (κ1) is 15.8. The Morgan fingerprint density at radius 1 is 1.24 bits per heavy atom. The van der Waals surface area contributed by atoms with Crippen molar-refractivity contribution in [2.24, 2.45) is 0 Å². The van der Waals surface area contributed by atoms with E-state index in [1.54, 1.807) is 0 Å². The standard InChI is InChI=1S/C13H20F3N5/c1-17-12-19-10(13(14,15)16)9-11(20-12)18-5-4-8-21-6-2-3-7-21/h9H,2-8H2,1H3,(H2,17,18,19,20). The van der Waals surface area contributed by atoms with E-state index in [0.29, 0.717) is 6.54 Å². The molecule has 2 rings (SSSR count). The molecule has 1 aliphatic rings. The smallest absolute Gasteiger partial charge is 0.370 e. The van der Waals surface area contributed by atoms with Gasteiger partial charge in [-0.2, -0.15) is 18.2 Å². The summed E-state index contributed by atoms with van der Waals surface area (Å²) in [5.74, 6) is 0.162. The second kappa shape index (κ2) is 6.93. The van der Waals surface area contributed by atoms with Crippen LogP contribution in [0.4, 0.5) is 24.9 Å². The Hall–Kier alpha value is -1.57. The Morgan fingerprint density at radius 3 is 2.57 bits per heavy atom. The topological polar surface area (TPSA) is 53.1 Å². The maximum atomic E-state index is 12.7. The molecule has 0 aliphatic carbocycles. The molecule has 1 fully saturated rings. The summed E-state index contributed by atoms with van der Waals surface area (Å²) in [6.45, 7) is 3.79. The predicted octanol–water partition coefficient (Wildman–Crippen LogP) is 2.43. The van der Waals surface area contributed by atoms with E-state index in [1.165, 1.54) is 19.9 Å². The number of alkyl halides is 3. The average molecular weight is 303 g/mol. The van der Waals surface area contributed by atoms with E-state index in [0.717, 1.165) is 32.1 Å². The normalized spacial score (nSPS) is 16.2. The third-order valence-electron chi connectivity index (χ3n) is 3.40. The number of nitrogens with one attached hydrogen (secondary N) is 2. The SMILES string of the molecule is CNc1nc(NCCCN2CCCC2)cc(C(F)(F)F)n1. The van der Waals surface area contributed by atoms with Gasteiger partial charge in [0.25, 0.3) is 0 Å². The molecule has 8 heteroatoms. The lowest BCUT2D eigenvalue weighted by Crippen LogP contribution is -2.22. The number of hydrogen-bond acceptors (Lipinski definition) is 5. The Bertz CT molecular complexity index is 458. The molecule has 118 valence electrons. The van der Waals surface area contributed by atoms with Crippen LogP contribution < -0.4 is 10.6 Å². The Morgan fingerprint density at radius 2 is 1.95 bits per heavy atom. The molecule has 0 atom stereocenters. The van der Waals surface area contributed by atoms with Gasteiger partial charge in [0.15, 0.2) is 5.69 Å². The molecule has 0 bridgehead atoms. The van der Waals surface area contributed by atoms with Crippen LogP contribution in [0.25, 0.3) is 0 Å². The fraction of sp³-hybridized carbons (Fsp3) is 0.692. The van der Waals surface area contributed by atoms with Crippen molar-refractivity contribution in [2.45, 2.75) is 25.4 Å². The third kappa shape index (κ3) is 4.73. The first-order chi connectivity index (χ1) is 9.99. The largest absolute Gasteiger partial charge is 0.433 e. The van der Waals surface area contributed by atoms with Crippen molar-refractivity contribution in [3.05, 3.63) is 11.8 Å². The van der Waals surface area contributed by atoms with E-state index in [4.69, 9.17) is 0 Å². The Balaban J connectivity index is 1.89. The maximum Gasteiger partial charge on any atom is 0.433 e. The molecule has 0 radical (unpaired) electrons. The molecule has 1 aromatic heterocycles. The van der Waals surface area contributed by atoms with Gasteiger partial charge in [0.2, 0.25) is 5.95 Å². The zero-order chi connectivity index (χ0) is 15.3. The zero-order valence-corrected chi connectivity index (χ0v) is 12.0. The van der Waals surface area contributed by atoms with Crippen LogP contribution in [0.3, 0.4) is 0 Å². The summed E-state index contributed by atoms with van der Waals surface area (Å²) in [7, 11) is 1.49. The van der Waals surface area contributed by atoms with Crippen LogP contribution in [0.1, 0.15) is 25.0 Å². The quantitative estimate of drug-likeness (QED) is 0.791. The van der Waals surface area contributed by atoms with Gasteiger partial charge in [0.1, 0.15) is 5.82 Å². The minimum absolute atomic E-state index is 0.0353. The van der Waals surface area contributed by atoms with Gasteiger partial charge < -0.3 is 15.5 Å². The third-order valence-corrected chi connectivity index (χ3v) is 3.40. The molecular formula is C13H20F3N5. The average Bonchev–Trinajstić information content (AvgIpc) is 2.95. The molecule has 1 aliphatic heterocycles. The van der Waals surface area contributed by atoms with Gasteiger partial charge in [-0.25, -0.2) is 4.98 Å². The van der Waals surface area contributed by atoms with Gasteiger partial charge in [-0.1, -0.05) is 0 Å². The molecule has 0 amide bonds. The number of aromatic nitrogens is 2. The van der Waals surface area contributed by atoms with Gasteiger partial charge in [0.05, 0.1) is 0 Å². The first-order valence-electron chi connectivity index (χ1n) is 7.09. The summed E-state index contributed by atoms with van der Waals surface area (Å²) < 4.78 is 38.2. The van der Waals surface area contributed by atoms with Gasteiger partial charge in [-0.05, 0) is 38.9 Å². The number of hydrogen-bond donors (Lipinski definition) is 2. The highest BCUT2D eigenvalue weighted by molar-refractivity contribution is 5.42. The highest BCUT2D eigenvalue weighted by Crippen LogP contribution is 2.29. The van der Waals surface area contributed by atoms with Gasteiger partial charge in [-0.15, -0.1) is 0 Å². The molecule has 1 aromatic rings. The van der Waals surface area contributed by atoms with Gasteiger partial charge in [0, 0.05) is 19.7 Å². The molecule has 2 N–H and O–H groups in total. The van der Waals surface area contributed by atoms with Crippen molar-refractivity contribution in [2.75, 3.05) is 43.9 Å². The Kier molecular flexibility index (Phi) is 5.22. The molecular weight excluding hydrogens is 283 g/mol. The lowest BCUT2D eigenvalue weighted by Gasteiger charge is -2.15. The van der Waals surface area contributed by atoms with E-state index in [-0.39, 0.29) is 11.8 Å². The summed E-state index contributed by atoms with van der Waals surface area (Å²) in [6.07, 6.45) is -1.12. The van der Waals surface area contributed by atoms with E-state index in [9.17, 15) is 13.2 Å². The molecule has 0 aromatic carbocycles. The summed E-state index contributed by atoms with van der Waals surface area (Å²) in [4.78, 5) is 9.77. The molecule has 2 heterocycles. The molecule has 1 saturated heterocycles. The number of halogens is 3. The zero-order valence-electron chi connectivity index (χ0n) is 12.0. The molecule has 21 heavy (non-hydrogen) atoms. The van der Waals surface area contributed by atoms with Crippen LogP contribution in [0, 0.1) is 0 Å². The van der Waals surface area contributed by atoms with E-state index in [1.807, 2.05) is 0 Å². The minimum Gasteiger partial charge on any atom is -0.370 e. The van der Waals surface area contributed by atoms with E-state index < -0.39 is 11.9 Å². The van der Waals surface area contributed by atoms with Crippen LogP contribution in [0.2, 0.25) is 0 Å². The summed E-state index contributed by atoms with van der Waals surface area (Å²) in [5, 5.41) is 5.48. The van der Waals surface area contributed by atoms with Gasteiger partial charge in [-0.3, -0.25) is 0 Å². The minimum atomic E-state index is -4.47. The molecule has 0 unspecified atom stereocenters. The van der Waals surface area contributed by atoms with Crippen LogP contribution in [-0.4, -0.2) is 48.1 Å². The highest BCUT2D eigenvalue weighted by atomic mass is 19.4. The maximum absolute atomic E-state index is 12.7. The summed E-state index contributed by atoms with van der Waals surface area (Å²) in [6, 6.07) is 0.941. The van der Waals surface area contributed by atoms with Crippen LogP contribution in [-0.2, 0) is 6.18 Å². The number of anilines is 2.